The lowest BCUT2D eigenvalue weighted by Gasteiger charge is -2.17. The van der Waals surface area contributed by atoms with E-state index >= 15 is 0 Å². The molecule has 0 aromatic heterocycles. The molecule has 124 valence electrons. The van der Waals surface area contributed by atoms with Gasteiger partial charge in [-0.2, -0.15) is 0 Å². The zero-order chi connectivity index (χ0) is 16.5. The summed E-state index contributed by atoms with van der Waals surface area (Å²) in [6.07, 6.45) is 7.53. The van der Waals surface area contributed by atoms with Crippen molar-refractivity contribution in [2.45, 2.75) is 38.6 Å². The highest BCUT2D eigenvalue weighted by atomic mass is 16.5. The van der Waals surface area contributed by atoms with Crippen molar-refractivity contribution >= 4 is 11.9 Å². The molecule has 23 heavy (non-hydrogen) atoms. The van der Waals surface area contributed by atoms with Gasteiger partial charge in [-0.25, -0.2) is 0 Å². The summed E-state index contributed by atoms with van der Waals surface area (Å²) in [5.74, 6) is 0.108. The van der Waals surface area contributed by atoms with Gasteiger partial charge in [-0.3, -0.25) is 9.59 Å². The molecule has 1 aliphatic carbocycles. The van der Waals surface area contributed by atoms with Gasteiger partial charge in [0.25, 0.3) is 0 Å². The maximum Gasteiger partial charge on any atom is 0.303 e. The van der Waals surface area contributed by atoms with E-state index in [0.717, 1.165) is 24.8 Å². The molecule has 5 heteroatoms. The lowest BCUT2D eigenvalue weighted by molar-refractivity contribution is -0.137. The Balaban J connectivity index is 1.71. The number of nitrogens with one attached hydrogen (secondary N) is 1. The lowest BCUT2D eigenvalue weighted by atomic mass is 9.93. The third-order valence-corrected chi connectivity index (χ3v) is 3.83. The first-order valence-corrected chi connectivity index (χ1v) is 8.01. The van der Waals surface area contributed by atoms with E-state index in [1.807, 2.05) is 24.3 Å². The summed E-state index contributed by atoms with van der Waals surface area (Å²) in [5.41, 5.74) is 1.02. The Morgan fingerprint density at radius 3 is 2.65 bits per heavy atom. The van der Waals surface area contributed by atoms with Gasteiger partial charge in [0.15, 0.2) is 0 Å². The fourth-order valence-electron chi connectivity index (χ4n) is 2.48. The summed E-state index contributed by atoms with van der Waals surface area (Å²) in [6, 6.07) is 7.50. The summed E-state index contributed by atoms with van der Waals surface area (Å²) >= 11 is 0. The molecule has 0 heterocycles. The Kier molecular flexibility index (Phi) is 6.66. The van der Waals surface area contributed by atoms with E-state index in [9.17, 15) is 9.59 Å². The minimum absolute atomic E-state index is 0.0943. The van der Waals surface area contributed by atoms with Crippen molar-refractivity contribution in [3.8, 4) is 5.75 Å². The first kappa shape index (κ1) is 17.1. The van der Waals surface area contributed by atoms with E-state index < -0.39 is 5.97 Å². The van der Waals surface area contributed by atoms with Gasteiger partial charge in [0.2, 0.25) is 5.91 Å². The molecule has 0 aliphatic heterocycles. The van der Waals surface area contributed by atoms with Crippen molar-refractivity contribution in [3.63, 3.8) is 0 Å². The summed E-state index contributed by atoms with van der Waals surface area (Å²) < 4.78 is 5.47. The summed E-state index contributed by atoms with van der Waals surface area (Å²) in [5, 5.41) is 11.5. The number of allylic oxidation sites excluding steroid dienone is 2. The average molecular weight is 317 g/mol. The zero-order valence-corrected chi connectivity index (χ0v) is 13.2. The van der Waals surface area contributed by atoms with Crippen LogP contribution in [-0.4, -0.2) is 23.6 Å². The second-order valence-electron chi connectivity index (χ2n) is 5.69. The van der Waals surface area contributed by atoms with E-state index in [-0.39, 0.29) is 18.2 Å². The number of ether oxygens (including phenoxy) is 1. The van der Waals surface area contributed by atoms with Crippen LogP contribution in [0.3, 0.4) is 0 Å². The molecule has 0 radical (unpaired) electrons. The molecule has 0 fully saturated rings. The van der Waals surface area contributed by atoms with E-state index in [1.165, 1.54) is 0 Å². The molecule has 0 bridgehead atoms. The van der Waals surface area contributed by atoms with E-state index in [1.54, 1.807) is 0 Å². The van der Waals surface area contributed by atoms with Crippen molar-refractivity contribution in [1.29, 1.82) is 0 Å². The topological polar surface area (TPSA) is 75.6 Å². The molecule has 1 amide bonds. The minimum Gasteiger partial charge on any atom is -0.494 e. The maximum absolute atomic E-state index is 12.1. The maximum atomic E-state index is 12.1. The minimum atomic E-state index is -0.812. The van der Waals surface area contributed by atoms with Gasteiger partial charge in [-0.1, -0.05) is 24.3 Å². The molecular weight excluding hydrogens is 294 g/mol. The molecule has 1 unspecified atom stereocenters. The van der Waals surface area contributed by atoms with E-state index in [2.05, 4.69) is 17.5 Å². The molecule has 1 aliphatic rings. The van der Waals surface area contributed by atoms with Gasteiger partial charge < -0.3 is 15.2 Å². The van der Waals surface area contributed by atoms with Crippen molar-refractivity contribution in [2.75, 3.05) is 6.61 Å². The normalized spacial score (nSPS) is 16.8. The van der Waals surface area contributed by atoms with Crippen LogP contribution in [0.2, 0.25) is 0 Å². The Morgan fingerprint density at radius 1 is 1.22 bits per heavy atom. The van der Waals surface area contributed by atoms with Gasteiger partial charge in [-0.05, 0) is 43.4 Å². The second kappa shape index (κ2) is 8.98. The van der Waals surface area contributed by atoms with Crippen LogP contribution in [0.5, 0.6) is 5.75 Å². The van der Waals surface area contributed by atoms with Crippen LogP contribution in [0, 0.1) is 5.92 Å². The van der Waals surface area contributed by atoms with Crippen LogP contribution < -0.4 is 10.1 Å². The predicted molar refractivity (Wildman–Crippen MR) is 87.1 cm³/mol. The standard InChI is InChI=1S/C18H23NO4/c20-17(21)7-4-12-23-16-10-8-14(9-11-16)13-19-18(22)15-5-2-1-3-6-15/h1-2,8-11,15H,3-7,12-13H2,(H,19,22)(H,20,21). The molecule has 1 atom stereocenters. The number of carboxylic acids is 1. The third-order valence-electron chi connectivity index (χ3n) is 3.83. The number of carbonyl (C=O) groups is 2. The molecule has 2 N–H and O–H groups in total. The fourth-order valence-corrected chi connectivity index (χ4v) is 2.48. The molecule has 2 rings (SSSR count). The zero-order valence-electron chi connectivity index (χ0n) is 13.2. The average Bonchev–Trinajstić information content (AvgIpc) is 2.58. The van der Waals surface area contributed by atoms with Crippen LogP contribution >= 0.6 is 0 Å². The van der Waals surface area contributed by atoms with Crippen LogP contribution in [-0.2, 0) is 16.1 Å². The second-order valence-corrected chi connectivity index (χ2v) is 5.69. The number of aliphatic carboxylic acids is 1. The molecule has 0 spiro atoms. The number of carbonyl (C=O) groups excluding carboxylic acids is 1. The Morgan fingerprint density at radius 2 is 2.00 bits per heavy atom. The monoisotopic (exact) mass is 317 g/mol. The summed E-state index contributed by atoms with van der Waals surface area (Å²) in [4.78, 5) is 22.5. The number of benzene rings is 1. The molecule has 0 saturated heterocycles. The Labute approximate surface area is 136 Å². The molecule has 1 aromatic rings. The quantitative estimate of drug-likeness (QED) is 0.571. The SMILES string of the molecule is O=C(O)CCCOc1ccc(CNC(=O)C2CC=CCC2)cc1. The molecule has 1 aromatic carbocycles. The first-order valence-electron chi connectivity index (χ1n) is 8.01. The Hall–Kier alpha value is -2.30. The number of amides is 1. The third kappa shape index (κ3) is 6.14. The number of carboxylic acid groups (broad SMARTS) is 1. The van der Waals surface area contributed by atoms with E-state index in [0.29, 0.717) is 25.3 Å². The summed E-state index contributed by atoms with van der Waals surface area (Å²) in [7, 11) is 0. The van der Waals surface area contributed by atoms with Crippen molar-refractivity contribution in [2.24, 2.45) is 5.92 Å². The molecule has 5 nitrogen and oxygen atoms in total. The lowest BCUT2D eigenvalue weighted by Crippen LogP contribution is -2.30. The largest absolute Gasteiger partial charge is 0.494 e. The highest BCUT2D eigenvalue weighted by Crippen LogP contribution is 2.18. The fraction of sp³-hybridized carbons (Fsp3) is 0.444. The van der Waals surface area contributed by atoms with Gasteiger partial charge >= 0.3 is 5.97 Å². The first-order chi connectivity index (χ1) is 11.1. The smallest absolute Gasteiger partial charge is 0.303 e. The van der Waals surface area contributed by atoms with Crippen LogP contribution in [0.25, 0.3) is 0 Å². The van der Waals surface area contributed by atoms with Crippen LogP contribution in [0.4, 0.5) is 0 Å². The van der Waals surface area contributed by atoms with Gasteiger partial charge in [-0.15, -0.1) is 0 Å². The van der Waals surface area contributed by atoms with Gasteiger partial charge in [0.1, 0.15) is 5.75 Å². The van der Waals surface area contributed by atoms with Gasteiger partial charge in [0.05, 0.1) is 6.61 Å². The molecular formula is C18H23NO4. The predicted octanol–water partition coefficient (Wildman–Crippen LogP) is 2.90. The highest BCUT2D eigenvalue weighted by molar-refractivity contribution is 5.78. The number of rotatable bonds is 8. The number of hydrogen-bond donors (Lipinski definition) is 2. The molecule has 0 saturated carbocycles. The van der Waals surface area contributed by atoms with Crippen LogP contribution in [0.1, 0.15) is 37.7 Å². The number of hydrogen-bond acceptors (Lipinski definition) is 3. The van der Waals surface area contributed by atoms with Crippen molar-refractivity contribution in [1.82, 2.24) is 5.32 Å². The summed E-state index contributed by atoms with van der Waals surface area (Å²) in [6.45, 7) is 0.899. The van der Waals surface area contributed by atoms with Crippen molar-refractivity contribution in [3.05, 3.63) is 42.0 Å². The Bertz CT molecular complexity index is 551. The highest BCUT2D eigenvalue weighted by Gasteiger charge is 2.17. The van der Waals surface area contributed by atoms with Gasteiger partial charge in [0, 0.05) is 18.9 Å². The van der Waals surface area contributed by atoms with E-state index in [4.69, 9.17) is 9.84 Å². The van der Waals surface area contributed by atoms with Crippen LogP contribution in [0.15, 0.2) is 36.4 Å². The van der Waals surface area contributed by atoms with Crippen molar-refractivity contribution < 1.29 is 19.4 Å².